The molecule has 2 rings (SSSR count). The predicted octanol–water partition coefficient (Wildman–Crippen LogP) is 4.26. The Labute approximate surface area is 118 Å². The lowest BCUT2D eigenvalue weighted by Gasteiger charge is -2.21. The summed E-state index contributed by atoms with van der Waals surface area (Å²) in [4.78, 5) is 11.9. The quantitative estimate of drug-likeness (QED) is 0.771. The first kappa shape index (κ1) is 13.9. The van der Waals surface area contributed by atoms with Gasteiger partial charge in [0.2, 0.25) is 0 Å². The van der Waals surface area contributed by atoms with E-state index in [4.69, 9.17) is 16.3 Å². The van der Waals surface area contributed by atoms with Crippen molar-refractivity contribution in [1.29, 1.82) is 0 Å². The second-order valence-electron chi connectivity index (χ2n) is 4.63. The number of ether oxygens (including phenoxy) is 1. The van der Waals surface area contributed by atoms with E-state index in [2.05, 4.69) is 6.08 Å². The van der Waals surface area contributed by atoms with Gasteiger partial charge in [-0.15, -0.1) is 0 Å². The molecule has 2 nitrogen and oxygen atoms in total. The van der Waals surface area contributed by atoms with Crippen molar-refractivity contribution in [2.75, 3.05) is 6.61 Å². The van der Waals surface area contributed by atoms with Crippen LogP contribution in [0.3, 0.4) is 0 Å². The first-order chi connectivity index (χ1) is 9.11. The van der Waals surface area contributed by atoms with Crippen LogP contribution in [0.2, 0.25) is 5.02 Å². The first-order valence-corrected chi connectivity index (χ1v) is 6.80. The highest BCUT2D eigenvalue weighted by Crippen LogP contribution is 2.35. The Morgan fingerprint density at radius 2 is 2.16 bits per heavy atom. The Kier molecular flexibility index (Phi) is 4.43. The van der Waals surface area contributed by atoms with E-state index in [1.54, 1.807) is 0 Å². The van der Waals surface area contributed by atoms with Gasteiger partial charge in [0, 0.05) is 16.5 Å². The molecule has 0 fully saturated rings. The van der Waals surface area contributed by atoms with Crippen LogP contribution in [-0.4, -0.2) is 12.6 Å². The van der Waals surface area contributed by atoms with Crippen LogP contribution in [-0.2, 0) is 9.53 Å². The van der Waals surface area contributed by atoms with Gasteiger partial charge >= 0.3 is 5.97 Å². The van der Waals surface area contributed by atoms with Gasteiger partial charge in [-0.3, -0.25) is 0 Å². The number of esters is 1. The fourth-order valence-corrected chi connectivity index (χ4v) is 2.61. The Balaban J connectivity index is 2.26. The number of carbonyl (C=O) groups excluding carboxylic acids is 1. The minimum absolute atomic E-state index is 0.137. The van der Waals surface area contributed by atoms with Crippen LogP contribution in [0.25, 0.3) is 0 Å². The summed E-state index contributed by atoms with van der Waals surface area (Å²) in [5.41, 5.74) is 2.84. The maximum absolute atomic E-state index is 11.9. The van der Waals surface area contributed by atoms with Crippen LogP contribution in [0, 0.1) is 0 Å². The van der Waals surface area contributed by atoms with E-state index in [-0.39, 0.29) is 11.9 Å². The van der Waals surface area contributed by atoms with Gasteiger partial charge in [0.25, 0.3) is 0 Å². The third-order valence-electron chi connectivity index (χ3n) is 3.15. The highest BCUT2D eigenvalue weighted by molar-refractivity contribution is 6.31. The maximum Gasteiger partial charge on any atom is 0.334 e. The van der Waals surface area contributed by atoms with Gasteiger partial charge in [-0.2, -0.15) is 0 Å². The number of carbonyl (C=O) groups is 1. The lowest BCUT2D eigenvalue weighted by atomic mass is 9.86. The zero-order valence-electron chi connectivity index (χ0n) is 11.2. The summed E-state index contributed by atoms with van der Waals surface area (Å²) in [6, 6.07) is 7.76. The third-order valence-corrected chi connectivity index (χ3v) is 3.49. The SMILES string of the molecule is CCOC(=O)C1=CC(C)=CC(c2ccccc2Cl)C1. The van der Waals surface area contributed by atoms with Crippen LogP contribution in [0.1, 0.15) is 31.7 Å². The van der Waals surface area contributed by atoms with Crippen LogP contribution < -0.4 is 0 Å². The molecule has 0 radical (unpaired) electrons. The summed E-state index contributed by atoms with van der Waals surface area (Å²) in [6.07, 6.45) is 4.68. The molecule has 0 saturated heterocycles. The summed E-state index contributed by atoms with van der Waals surface area (Å²) < 4.78 is 5.08. The Morgan fingerprint density at radius 1 is 1.42 bits per heavy atom. The molecule has 0 bridgehead atoms. The van der Waals surface area contributed by atoms with Gasteiger partial charge in [-0.25, -0.2) is 4.79 Å². The van der Waals surface area contributed by atoms with Gasteiger partial charge in [0.15, 0.2) is 0 Å². The molecule has 0 amide bonds. The third kappa shape index (κ3) is 3.27. The number of allylic oxidation sites excluding steroid dienone is 3. The largest absolute Gasteiger partial charge is 0.463 e. The number of hydrogen-bond donors (Lipinski definition) is 0. The Morgan fingerprint density at radius 3 is 2.84 bits per heavy atom. The van der Waals surface area contributed by atoms with E-state index in [1.165, 1.54) is 0 Å². The molecule has 0 N–H and O–H groups in total. The summed E-state index contributed by atoms with van der Waals surface area (Å²) in [6.45, 7) is 4.20. The molecule has 0 aromatic heterocycles. The van der Waals surface area contributed by atoms with E-state index >= 15 is 0 Å². The fraction of sp³-hybridized carbons (Fsp3) is 0.312. The summed E-state index contributed by atoms with van der Waals surface area (Å²) in [5.74, 6) is -0.0925. The Bertz CT molecular complexity index is 543. The monoisotopic (exact) mass is 276 g/mol. The van der Waals surface area contributed by atoms with E-state index in [9.17, 15) is 4.79 Å². The molecular weight excluding hydrogens is 260 g/mol. The molecule has 0 spiro atoms. The van der Waals surface area contributed by atoms with Crippen molar-refractivity contribution in [3.05, 3.63) is 58.1 Å². The average Bonchev–Trinajstić information content (AvgIpc) is 2.39. The van der Waals surface area contributed by atoms with Crippen molar-refractivity contribution in [3.8, 4) is 0 Å². The van der Waals surface area contributed by atoms with Crippen molar-refractivity contribution >= 4 is 17.6 Å². The molecule has 1 unspecified atom stereocenters. The highest BCUT2D eigenvalue weighted by Gasteiger charge is 2.22. The molecule has 0 heterocycles. The normalized spacial score (nSPS) is 18.6. The van der Waals surface area contributed by atoms with Crippen LogP contribution in [0.15, 0.2) is 47.6 Å². The van der Waals surface area contributed by atoms with E-state index in [1.807, 2.05) is 44.2 Å². The molecular formula is C16H17ClO2. The van der Waals surface area contributed by atoms with Crippen molar-refractivity contribution in [1.82, 2.24) is 0 Å². The number of hydrogen-bond acceptors (Lipinski definition) is 2. The van der Waals surface area contributed by atoms with E-state index < -0.39 is 0 Å². The van der Waals surface area contributed by atoms with Crippen molar-refractivity contribution in [2.24, 2.45) is 0 Å². The molecule has 1 aliphatic rings. The predicted molar refractivity (Wildman–Crippen MR) is 77.3 cm³/mol. The second kappa shape index (κ2) is 6.07. The fourth-order valence-electron chi connectivity index (χ4n) is 2.34. The highest BCUT2D eigenvalue weighted by atomic mass is 35.5. The maximum atomic E-state index is 11.9. The smallest absolute Gasteiger partial charge is 0.334 e. The zero-order chi connectivity index (χ0) is 13.8. The van der Waals surface area contributed by atoms with E-state index in [0.29, 0.717) is 18.6 Å². The lowest BCUT2D eigenvalue weighted by molar-refractivity contribution is -0.138. The molecule has 19 heavy (non-hydrogen) atoms. The van der Waals surface area contributed by atoms with Gasteiger partial charge in [-0.05, 0) is 38.0 Å². The zero-order valence-corrected chi connectivity index (χ0v) is 11.9. The van der Waals surface area contributed by atoms with E-state index in [0.717, 1.165) is 16.2 Å². The molecule has 100 valence electrons. The molecule has 1 aromatic carbocycles. The van der Waals surface area contributed by atoms with Gasteiger partial charge in [-0.1, -0.05) is 41.4 Å². The molecule has 0 aliphatic heterocycles. The van der Waals surface area contributed by atoms with Crippen LogP contribution in [0.4, 0.5) is 0 Å². The molecule has 1 aromatic rings. The first-order valence-electron chi connectivity index (χ1n) is 6.42. The molecule has 0 saturated carbocycles. The van der Waals surface area contributed by atoms with Crippen LogP contribution in [0.5, 0.6) is 0 Å². The number of halogens is 1. The average molecular weight is 277 g/mol. The number of rotatable bonds is 3. The lowest BCUT2D eigenvalue weighted by Crippen LogP contribution is -2.13. The minimum Gasteiger partial charge on any atom is -0.463 e. The van der Waals surface area contributed by atoms with Crippen molar-refractivity contribution in [2.45, 2.75) is 26.2 Å². The molecule has 1 aliphatic carbocycles. The minimum atomic E-state index is -0.230. The second-order valence-corrected chi connectivity index (χ2v) is 5.04. The van der Waals surface area contributed by atoms with Gasteiger partial charge < -0.3 is 4.74 Å². The van der Waals surface area contributed by atoms with Crippen LogP contribution >= 0.6 is 11.6 Å². The van der Waals surface area contributed by atoms with Gasteiger partial charge in [0.1, 0.15) is 0 Å². The summed E-state index contributed by atoms with van der Waals surface area (Å²) >= 11 is 6.23. The topological polar surface area (TPSA) is 26.3 Å². The molecule has 3 heteroatoms. The summed E-state index contributed by atoms with van der Waals surface area (Å²) in [7, 11) is 0. The van der Waals surface area contributed by atoms with Gasteiger partial charge in [0.05, 0.1) is 6.61 Å². The van der Waals surface area contributed by atoms with Crippen molar-refractivity contribution in [3.63, 3.8) is 0 Å². The molecule has 1 atom stereocenters. The Hall–Kier alpha value is -1.54. The summed E-state index contributed by atoms with van der Waals surface area (Å²) in [5, 5.41) is 0.738. The van der Waals surface area contributed by atoms with Crippen molar-refractivity contribution < 1.29 is 9.53 Å². The number of benzene rings is 1. The standard InChI is InChI=1S/C16H17ClO2/c1-3-19-16(18)13-9-11(2)8-12(10-13)14-6-4-5-7-15(14)17/h4-9,12H,3,10H2,1-2H3.